The zero-order valence-corrected chi connectivity index (χ0v) is 10.2. The van der Waals surface area contributed by atoms with E-state index in [9.17, 15) is 4.39 Å². The van der Waals surface area contributed by atoms with Crippen LogP contribution in [-0.4, -0.2) is 18.0 Å². The van der Waals surface area contributed by atoms with Crippen molar-refractivity contribution in [1.29, 1.82) is 0 Å². The normalized spacial score (nSPS) is 20.9. The Kier molecular flexibility index (Phi) is 3.29. The molecule has 1 saturated heterocycles. The molecule has 0 saturated carbocycles. The van der Waals surface area contributed by atoms with Crippen molar-refractivity contribution in [1.82, 2.24) is 4.90 Å². The maximum atomic E-state index is 12.8. The van der Waals surface area contributed by atoms with Gasteiger partial charge in [0.15, 0.2) is 0 Å². The maximum absolute atomic E-state index is 12.8. The van der Waals surface area contributed by atoms with Crippen molar-refractivity contribution in [2.45, 2.75) is 33.2 Å². The fourth-order valence-corrected chi connectivity index (χ4v) is 2.16. The monoisotopic (exact) mass is 221 g/mol. The second kappa shape index (κ2) is 4.54. The second-order valence-corrected chi connectivity index (χ2v) is 5.57. The average Bonchev–Trinajstić information content (AvgIpc) is 2.24. The van der Waals surface area contributed by atoms with Gasteiger partial charge in [-0.15, -0.1) is 0 Å². The van der Waals surface area contributed by atoms with E-state index in [1.807, 2.05) is 12.1 Å². The molecular weight excluding hydrogens is 201 g/mol. The third kappa shape index (κ3) is 3.05. The molecule has 0 aromatic heterocycles. The largest absolute Gasteiger partial charge is 0.299 e. The molecule has 88 valence electrons. The number of piperidine rings is 1. The highest BCUT2D eigenvalue weighted by Crippen LogP contribution is 2.30. The molecular formula is C14H20FN. The van der Waals surface area contributed by atoms with Crippen LogP contribution in [0.25, 0.3) is 0 Å². The van der Waals surface area contributed by atoms with Crippen LogP contribution in [0.3, 0.4) is 0 Å². The minimum absolute atomic E-state index is 0.150. The van der Waals surface area contributed by atoms with E-state index in [1.165, 1.54) is 18.4 Å². The summed E-state index contributed by atoms with van der Waals surface area (Å²) >= 11 is 0. The lowest BCUT2D eigenvalue weighted by Crippen LogP contribution is -2.36. The summed E-state index contributed by atoms with van der Waals surface area (Å²) in [5.74, 6) is -0.150. The van der Waals surface area contributed by atoms with Gasteiger partial charge in [-0.2, -0.15) is 0 Å². The lowest BCUT2D eigenvalue weighted by Gasteiger charge is -2.36. The van der Waals surface area contributed by atoms with Crippen LogP contribution in [0, 0.1) is 11.2 Å². The summed E-state index contributed by atoms with van der Waals surface area (Å²) in [6.45, 7) is 7.94. The van der Waals surface area contributed by atoms with Crippen molar-refractivity contribution in [2.75, 3.05) is 13.1 Å². The molecule has 1 aromatic rings. The number of hydrogen-bond acceptors (Lipinski definition) is 1. The predicted molar refractivity (Wildman–Crippen MR) is 64.7 cm³/mol. The number of halogens is 1. The SMILES string of the molecule is CC1(C)CCN(Cc2ccc(F)cc2)CC1. The van der Waals surface area contributed by atoms with Crippen LogP contribution in [0.4, 0.5) is 4.39 Å². The predicted octanol–water partition coefficient (Wildman–Crippen LogP) is 3.45. The molecule has 2 heteroatoms. The molecule has 16 heavy (non-hydrogen) atoms. The van der Waals surface area contributed by atoms with E-state index < -0.39 is 0 Å². The molecule has 0 atom stereocenters. The van der Waals surface area contributed by atoms with E-state index in [2.05, 4.69) is 18.7 Å². The summed E-state index contributed by atoms with van der Waals surface area (Å²) in [7, 11) is 0. The molecule has 1 nitrogen and oxygen atoms in total. The molecule has 0 radical (unpaired) electrons. The molecule has 1 heterocycles. The summed E-state index contributed by atoms with van der Waals surface area (Å²) in [5, 5.41) is 0. The number of nitrogens with zero attached hydrogens (tertiary/aromatic N) is 1. The van der Waals surface area contributed by atoms with Gasteiger partial charge in [0, 0.05) is 6.54 Å². The van der Waals surface area contributed by atoms with Crippen LogP contribution >= 0.6 is 0 Å². The highest BCUT2D eigenvalue weighted by atomic mass is 19.1. The van der Waals surface area contributed by atoms with Crippen molar-refractivity contribution in [3.63, 3.8) is 0 Å². The summed E-state index contributed by atoms with van der Waals surface area (Å²) in [5.41, 5.74) is 1.71. The Hall–Kier alpha value is -0.890. The first-order chi connectivity index (χ1) is 7.55. The second-order valence-electron chi connectivity index (χ2n) is 5.57. The summed E-state index contributed by atoms with van der Waals surface area (Å²) in [4.78, 5) is 2.46. The van der Waals surface area contributed by atoms with Gasteiger partial charge in [-0.25, -0.2) is 4.39 Å². The van der Waals surface area contributed by atoms with Crippen LogP contribution in [0.2, 0.25) is 0 Å². The lowest BCUT2D eigenvalue weighted by molar-refractivity contribution is 0.127. The van der Waals surface area contributed by atoms with E-state index in [4.69, 9.17) is 0 Å². The van der Waals surface area contributed by atoms with Gasteiger partial charge >= 0.3 is 0 Å². The van der Waals surface area contributed by atoms with Gasteiger partial charge in [0.2, 0.25) is 0 Å². The molecule has 1 aromatic carbocycles. The Labute approximate surface area is 97.3 Å². The molecule has 1 aliphatic rings. The molecule has 1 fully saturated rings. The third-order valence-corrected chi connectivity index (χ3v) is 3.53. The zero-order valence-electron chi connectivity index (χ0n) is 10.2. The van der Waals surface area contributed by atoms with Gasteiger partial charge in [0.05, 0.1) is 0 Å². The Morgan fingerprint density at radius 2 is 1.69 bits per heavy atom. The van der Waals surface area contributed by atoms with Crippen molar-refractivity contribution in [2.24, 2.45) is 5.41 Å². The molecule has 2 rings (SSSR count). The van der Waals surface area contributed by atoms with Crippen molar-refractivity contribution in [3.05, 3.63) is 35.6 Å². The number of benzene rings is 1. The molecule has 0 spiro atoms. The van der Waals surface area contributed by atoms with Gasteiger partial charge in [-0.3, -0.25) is 4.90 Å². The van der Waals surface area contributed by atoms with Gasteiger partial charge in [0.1, 0.15) is 5.82 Å². The van der Waals surface area contributed by atoms with Crippen LogP contribution in [0.1, 0.15) is 32.3 Å². The fourth-order valence-electron chi connectivity index (χ4n) is 2.16. The van der Waals surface area contributed by atoms with Gasteiger partial charge < -0.3 is 0 Å². The van der Waals surface area contributed by atoms with E-state index in [1.54, 1.807) is 12.1 Å². The van der Waals surface area contributed by atoms with E-state index in [0.29, 0.717) is 5.41 Å². The first kappa shape index (κ1) is 11.6. The number of rotatable bonds is 2. The van der Waals surface area contributed by atoms with E-state index in [-0.39, 0.29) is 5.82 Å². The van der Waals surface area contributed by atoms with Crippen LogP contribution in [0.5, 0.6) is 0 Å². The standard InChI is InChI=1S/C14H20FN/c1-14(2)7-9-16(10-8-14)11-12-3-5-13(15)6-4-12/h3-6H,7-11H2,1-2H3. The first-order valence-electron chi connectivity index (χ1n) is 6.02. The first-order valence-corrected chi connectivity index (χ1v) is 6.02. The maximum Gasteiger partial charge on any atom is 0.123 e. The highest BCUT2D eigenvalue weighted by molar-refractivity contribution is 5.15. The van der Waals surface area contributed by atoms with Crippen molar-refractivity contribution < 1.29 is 4.39 Å². The molecule has 0 amide bonds. The average molecular weight is 221 g/mol. The summed E-state index contributed by atoms with van der Waals surface area (Å²) in [6.07, 6.45) is 2.52. The topological polar surface area (TPSA) is 3.24 Å². The summed E-state index contributed by atoms with van der Waals surface area (Å²) in [6, 6.07) is 6.86. The van der Waals surface area contributed by atoms with Gasteiger partial charge in [-0.05, 0) is 49.0 Å². The zero-order chi connectivity index (χ0) is 11.6. The Morgan fingerprint density at radius 1 is 1.12 bits per heavy atom. The minimum atomic E-state index is -0.150. The van der Waals surface area contributed by atoms with Crippen LogP contribution in [0.15, 0.2) is 24.3 Å². The van der Waals surface area contributed by atoms with E-state index >= 15 is 0 Å². The molecule has 0 N–H and O–H groups in total. The molecule has 0 aliphatic carbocycles. The highest BCUT2D eigenvalue weighted by Gasteiger charge is 2.24. The Balaban J connectivity index is 1.89. The lowest BCUT2D eigenvalue weighted by atomic mass is 9.82. The number of hydrogen-bond donors (Lipinski definition) is 0. The smallest absolute Gasteiger partial charge is 0.123 e. The van der Waals surface area contributed by atoms with Crippen molar-refractivity contribution in [3.8, 4) is 0 Å². The fraction of sp³-hybridized carbons (Fsp3) is 0.571. The van der Waals surface area contributed by atoms with Crippen LogP contribution in [-0.2, 0) is 6.54 Å². The quantitative estimate of drug-likeness (QED) is 0.739. The van der Waals surface area contributed by atoms with Gasteiger partial charge in [-0.1, -0.05) is 26.0 Å². The Morgan fingerprint density at radius 3 is 2.25 bits per heavy atom. The minimum Gasteiger partial charge on any atom is -0.299 e. The molecule has 1 aliphatic heterocycles. The molecule has 0 unspecified atom stereocenters. The van der Waals surface area contributed by atoms with Crippen LogP contribution < -0.4 is 0 Å². The number of likely N-dealkylation sites (tertiary alicyclic amines) is 1. The van der Waals surface area contributed by atoms with Crippen molar-refractivity contribution >= 4 is 0 Å². The molecule has 0 bridgehead atoms. The van der Waals surface area contributed by atoms with E-state index in [0.717, 1.165) is 19.6 Å². The summed E-state index contributed by atoms with van der Waals surface area (Å²) < 4.78 is 12.8. The third-order valence-electron chi connectivity index (χ3n) is 3.53. The van der Waals surface area contributed by atoms with Gasteiger partial charge in [0.25, 0.3) is 0 Å². The Bertz CT molecular complexity index is 332.